The maximum Gasteiger partial charge on any atom is 0.208 e. The first-order chi connectivity index (χ1) is 7.04. The maximum absolute atomic E-state index is 11.2. The summed E-state index contributed by atoms with van der Waals surface area (Å²) in [5.41, 5.74) is 0.990. The molecular weight excluding hydrogens is 200 g/mol. The molecule has 1 aliphatic rings. The predicted octanol–water partition coefficient (Wildman–Crippen LogP) is -0.920. The highest BCUT2D eigenvalue weighted by molar-refractivity contribution is 5.85. The molecule has 1 rings (SSSR count). The number of carbonyl (C=O) groups is 1. The molecule has 0 bridgehead atoms. The van der Waals surface area contributed by atoms with Crippen LogP contribution >= 0.6 is 0 Å². The van der Waals surface area contributed by atoms with Gasteiger partial charge in [0.25, 0.3) is 0 Å². The van der Waals surface area contributed by atoms with Crippen LogP contribution in [0.15, 0.2) is 23.5 Å². The van der Waals surface area contributed by atoms with Crippen LogP contribution in [0.3, 0.4) is 0 Å². The largest absolute Gasteiger partial charge is 0.493 e. The minimum absolute atomic E-state index is 0.0567. The summed E-state index contributed by atoms with van der Waals surface area (Å²) in [4.78, 5) is 11.2. The first-order valence-corrected chi connectivity index (χ1v) is 4.48. The number of nitrogens with one attached hydrogen (secondary N) is 2. The second kappa shape index (κ2) is 4.81. The fourth-order valence-electron chi connectivity index (χ4n) is 1.05. The minimum atomic E-state index is -1.37. The van der Waals surface area contributed by atoms with Crippen LogP contribution in [0.25, 0.3) is 0 Å². The van der Waals surface area contributed by atoms with E-state index < -0.39 is 18.5 Å². The van der Waals surface area contributed by atoms with Crippen molar-refractivity contribution in [3.63, 3.8) is 0 Å². The second-order valence-electron chi connectivity index (χ2n) is 3.25. The lowest BCUT2D eigenvalue weighted by molar-refractivity contribution is -0.128. The average molecular weight is 214 g/mol. The first-order valence-electron chi connectivity index (χ1n) is 4.48. The van der Waals surface area contributed by atoms with Gasteiger partial charge in [-0.3, -0.25) is 4.79 Å². The quantitative estimate of drug-likeness (QED) is 0.415. The summed E-state index contributed by atoms with van der Waals surface area (Å²) in [5, 5.41) is 32.2. The van der Waals surface area contributed by atoms with Gasteiger partial charge in [0.15, 0.2) is 5.78 Å². The van der Waals surface area contributed by atoms with E-state index in [1.54, 1.807) is 6.92 Å². The number of carbonyl (C=O) groups excluding carboxylic acids is 1. The van der Waals surface area contributed by atoms with E-state index in [0.29, 0.717) is 11.4 Å². The van der Waals surface area contributed by atoms with Gasteiger partial charge in [0.05, 0.1) is 18.7 Å². The minimum Gasteiger partial charge on any atom is -0.493 e. The zero-order chi connectivity index (χ0) is 11.4. The van der Waals surface area contributed by atoms with Crippen molar-refractivity contribution in [3.05, 3.63) is 23.5 Å². The van der Waals surface area contributed by atoms with Crippen molar-refractivity contribution < 1.29 is 20.1 Å². The molecule has 6 nitrogen and oxygen atoms in total. The molecule has 0 spiro atoms. The van der Waals surface area contributed by atoms with Gasteiger partial charge in [-0.25, -0.2) is 0 Å². The van der Waals surface area contributed by atoms with Gasteiger partial charge in [-0.1, -0.05) is 0 Å². The predicted molar refractivity (Wildman–Crippen MR) is 52.4 cm³/mol. The standard InChI is InChI=1S/C9H14N2O4/c1-5-9(15)11-6(3-10-5)2-7(13)8(14)4-12/h3,8,10-12,14-15H,2,4H2,1H3/t8-/m1/s1. The summed E-state index contributed by atoms with van der Waals surface area (Å²) in [6, 6.07) is 0. The Labute approximate surface area is 86.9 Å². The molecule has 1 aliphatic heterocycles. The van der Waals surface area contributed by atoms with Crippen molar-refractivity contribution >= 4 is 5.78 Å². The van der Waals surface area contributed by atoms with Crippen LogP contribution < -0.4 is 10.6 Å². The molecular formula is C9H14N2O4. The van der Waals surface area contributed by atoms with Crippen LogP contribution in [-0.4, -0.2) is 33.8 Å². The van der Waals surface area contributed by atoms with Crippen LogP contribution in [-0.2, 0) is 4.79 Å². The zero-order valence-corrected chi connectivity index (χ0v) is 8.32. The third-order valence-electron chi connectivity index (χ3n) is 2.01. The summed E-state index contributed by atoms with van der Waals surface area (Å²) in [6.07, 6.45) is 0.0742. The lowest BCUT2D eigenvalue weighted by atomic mass is 10.1. The Morgan fingerprint density at radius 2 is 2.27 bits per heavy atom. The van der Waals surface area contributed by atoms with E-state index in [-0.39, 0.29) is 12.3 Å². The topological polar surface area (TPSA) is 102 Å². The van der Waals surface area contributed by atoms with Gasteiger partial charge < -0.3 is 26.0 Å². The lowest BCUT2D eigenvalue weighted by Gasteiger charge is -2.18. The number of ketones is 1. The van der Waals surface area contributed by atoms with Gasteiger partial charge in [0.1, 0.15) is 6.10 Å². The first kappa shape index (κ1) is 11.5. The monoisotopic (exact) mass is 214 g/mol. The van der Waals surface area contributed by atoms with Crippen LogP contribution in [0.2, 0.25) is 0 Å². The third-order valence-corrected chi connectivity index (χ3v) is 2.01. The van der Waals surface area contributed by atoms with E-state index in [9.17, 15) is 9.90 Å². The highest BCUT2D eigenvalue weighted by atomic mass is 16.3. The van der Waals surface area contributed by atoms with Crippen LogP contribution in [0.4, 0.5) is 0 Å². The Bertz CT molecular complexity index is 322. The Balaban J connectivity index is 2.52. The molecule has 0 radical (unpaired) electrons. The molecule has 0 aromatic rings. The van der Waals surface area contributed by atoms with Crippen molar-refractivity contribution in [2.75, 3.05) is 6.61 Å². The Morgan fingerprint density at radius 1 is 1.60 bits per heavy atom. The summed E-state index contributed by atoms with van der Waals surface area (Å²) >= 11 is 0. The van der Waals surface area contributed by atoms with E-state index in [1.807, 2.05) is 0 Å². The van der Waals surface area contributed by atoms with E-state index in [2.05, 4.69) is 10.6 Å². The van der Waals surface area contributed by atoms with Gasteiger partial charge in [-0.2, -0.15) is 0 Å². The van der Waals surface area contributed by atoms with E-state index in [1.165, 1.54) is 6.20 Å². The van der Waals surface area contributed by atoms with Gasteiger partial charge >= 0.3 is 0 Å². The molecule has 0 amide bonds. The van der Waals surface area contributed by atoms with Crippen LogP contribution in [0.5, 0.6) is 0 Å². The molecule has 0 aromatic heterocycles. The molecule has 0 aliphatic carbocycles. The highest BCUT2D eigenvalue weighted by Crippen LogP contribution is 2.08. The summed E-state index contributed by atoms with van der Waals surface area (Å²) in [6.45, 7) is 1.07. The van der Waals surface area contributed by atoms with Crippen molar-refractivity contribution in [1.29, 1.82) is 0 Å². The fraction of sp³-hybridized carbons (Fsp3) is 0.444. The molecule has 5 N–H and O–H groups in total. The van der Waals surface area contributed by atoms with Gasteiger partial charge in [-0.05, 0) is 6.92 Å². The second-order valence-corrected chi connectivity index (χ2v) is 3.25. The molecule has 6 heteroatoms. The number of Topliss-reactive ketones (excluding diaryl/α,β-unsaturated/α-hetero) is 1. The molecule has 0 unspecified atom stereocenters. The summed E-state index contributed by atoms with van der Waals surface area (Å²) < 4.78 is 0. The van der Waals surface area contributed by atoms with Gasteiger partial charge in [0, 0.05) is 11.9 Å². The lowest BCUT2D eigenvalue weighted by Crippen LogP contribution is -2.30. The van der Waals surface area contributed by atoms with Gasteiger partial charge in [-0.15, -0.1) is 0 Å². The number of hydrogen-bond acceptors (Lipinski definition) is 6. The molecule has 0 fully saturated rings. The third kappa shape index (κ3) is 2.97. The summed E-state index contributed by atoms with van der Waals surface area (Å²) in [5.74, 6) is -0.566. The van der Waals surface area contributed by atoms with Crippen LogP contribution in [0.1, 0.15) is 13.3 Å². The van der Waals surface area contributed by atoms with Crippen LogP contribution in [0, 0.1) is 0 Å². The zero-order valence-electron chi connectivity index (χ0n) is 8.32. The van der Waals surface area contributed by atoms with Crippen molar-refractivity contribution in [3.8, 4) is 0 Å². The van der Waals surface area contributed by atoms with Crippen molar-refractivity contribution in [1.82, 2.24) is 10.6 Å². The Hall–Kier alpha value is -1.53. The highest BCUT2D eigenvalue weighted by Gasteiger charge is 2.17. The normalized spacial score (nSPS) is 17.7. The maximum atomic E-state index is 11.2. The average Bonchev–Trinajstić information content (AvgIpc) is 2.22. The van der Waals surface area contributed by atoms with E-state index in [4.69, 9.17) is 10.2 Å². The molecule has 0 saturated carbocycles. The van der Waals surface area contributed by atoms with Crippen molar-refractivity contribution in [2.45, 2.75) is 19.4 Å². The number of allylic oxidation sites excluding steroid dienone is 2. The Morgan fingerprint density at radius 3 is 2.80 bits per heavy atom. The molecule has 0 aromatic carbocycles. The smallest absolute Gasteiger partial charge is 0.208 e. The molecule has 0 saturated heterocycles. The van der Waals surface area contributed by atoms with E-state index >= 15 is 0 Å². The SMILES string of the molecule is CC1=C(O)NC(CC(=O)[C@H](O)CO)=CN1. The number of hydrogen-bond donors (Lipinski definition) is 5. The molecule has 1 atom stereocenters. The molecule has 15 heavy (non-hydrogen) atoms. The molecule has 84 valence electrons. The molecule has 1 heterocycles. The van der Waals surface area contributed by atoms with E-state index in [0.717, 1.165) is 0 Å². The van der Waals surface area contributed by atoms with Crippen molar-refractivity contribution in [2.24, 2.45) is 0 Å². The number of aliphatic hydroxyl groups is 3. The van der Waals surface area contributed by atoms with Gasteiger partial charge in [0.2, 0.25) is 5.88 Å². The fourth-order valence-corrected chi connectivity index (χ4v) is 1.05. The Kier molecular flexibility index (Phi) is 3.70. The summed E-state index contributed by atoms with van der Waals surface area (Å²) in [7, 11) is 0. The number of aliphatic hydroxyl groups excluding tert-OH is 3. The number of rotatable bonds is 4.